The number of carboxylic acid groups (broad SMARTS) is 1. The fourth-order valence-electron chi connectivity index (χ4n) is 3.99. The van der Waals surface area contributed by atoms with E-state index in [9.17, 15) is 24.7 Å². The maximum absolute atomic E-state index is 13.6. The van der Waals surface area contributed by atoms with Gasteiger partial charge in [-0.1, -0.05) is 60.3 Å². The van der Waals surface area contributed by atoms with Gasteiger partial charge in [0.15, 0.2) is 11.7 Å². The lowest BCUT2D eigenvalue weighted by atomic mass is 10.1. The molecule has 1 aliphatic heterocycles. The maximum atomic E-state index is 13.6. The number of fused-ring (bicyclic) bond motifs is 1. The zero-order chi connectivity index (χ0) is 22.4. The van der Waals surface area contributed by atoms with Crippen LogP contribution < -0.4 is 9.96 Å². The van der Waals surface area contributed by atoms with Gasteiger partial charge in [-0.15, -0.1) is 0 Å². The Bertz CT molecular complexity index is 952. The number of benzene rings is 2. The van der Waals surface area contributed by atoms with E-state index in [-0.39, 0.29) is 17.6 Å². The second-order valence-electron chi connectivity index (χ2n) is 7.78. The van der Waals surface area contributed by atoms with Crippen molar-refractivity contribution in [2.45, 2.75) is 37.5 Å². The smallest absolute Gasteiger partial charge is 0.360 e. The first-order valence-electron chi connectivity index (χ1n) is 10.2. The van der Waals surface area contributed by atoms with Gasteiger partial charge < -0.3 is 20.3 Å². The summed E-state index contributed by atoms with van der Waals surface area (Å²) in [5.74, 6) is -1.51. The monoisotopic (exact) mass is 442 g/mol. The molecule has 0 saturated heterocycles. The highest BCUT2D eigenvalue weighted by Crippen LogP contribution is 2.32. The summed E-state index contributed by atoms with van der Waals surface area (Å²) in [7, 11) is 0. The summed E-state index contributed by atoms with van der Waals surface area (Å²) >= 11 is 0.966. The van der Waals surface area contributed by atoms with Crippen LogP contribution >= 0.6 is 11.8 Å². The number of nitrogens with one attached hydrogen (secondary N) is 1. The number of carbonyl (C=O) groups excluding carboxylic acids is 2. The summed E-state index contributed by atoms with van der Waals surface area (Å²) in [4.78, 5) is 36.2. The van der Waals surface area contributed by atoms with Gasteiger partial charge in [-0.05, 0) is 30.9 Å². The minimum Gasteiger partial charge on any atom is -0.627 e. The highest BCUT2D eigenvalue weighted by Gasteiger charge is 2.35. The second-order valence-corrected chi connectivity index (χ2v) is 9.16. The lowest BCUT2D eigenvalue weighted by molar-refractivity contribution is -0.137. The summed E-state index contributed by atoms with van der Waals surface area (Å²) in [5.41, 5.74) is 2.17. The van der Waals surface area contributed by atoms with E-state index in [2.05, 4.69) is 5.32 Å². The Balaban J connectivity index is 1.79. The van der Waals surface area contributed by atoms with Gasteiger partial charge in [-0.25, -0.2) is 4.79 Å². The summed E-state index contributed by atoms with van der Waals surface area (Å²) in [6, 6.07) is 16.0. The Labute approximate surface area is 185 Å². The van der Waals surface area contributed by atoms with E-state index in [0.717, 1.165) is 22.9 Å². The number of thioether (sulfide) groups is 1. The van der Waals surface area contributed by atoms with E-state index in [4.69, 9.17) is 0 Å². The van der Waals surface area contributed by atoms with Gasteiger partial charge in [-0.2, -0.15) is 0 Å². The number of nitrogens with zero attached hydrogens (tertiary/aromatic N) is 1. The van der Waals surface area contributed by atoms with Gasteiger partial charge in [0.25, 0.3) is 0 Å². The van der Waals surface area contributed by atoms with Crippen molar-refractivity contribution in [1.29, 1.82) is 0 Å². The molecule has 0 aromatic heterocycles. The fraction of sp³-hybridized carbons (Fsp3) is 0.348. The molecular formula is C23H26N2O5S. The topological polar surface area (TPSA) is 107 Å². The van der Waals surface area contributed by atoms with Crippen LogP contribution in [0.3, 0.4) is 0 Å². The van der Waals surface area contributed by atoms with Crippen molar-refractivity contribution < 1.29 is 19.5 Å². The molecule has 1 unspecified atom stereocenters. The highest BCUT2D eigenvalue weighted by molar-refractivity contribution is 8.14. The molecule has 164 valence electrons. The van der Waals surface area contributed by atoms with Crippen LogP contribution in [-0.2, 0) is 27.2 Å². The average Bonchev–Trinajstić information content (AvgIpc) is 2.84. The SMILES string of the molecule is CC(=O)S[C@@H](Cc1ccccc1)C(=O)NC1CCc2ccccc2[N@@+]([O-])(CC(=O)O)C1. The van der Waals surface area contributed by atoms with Crippen molar-refractivity contribution >= 4 is 34.4 Å². The molecule has 7 nitrogen and oxygen atoms in total. The van der Waals surface area contributed by atoms with Gasteiger partial charge in [0.2, 0.25) is 5.91 Å². The lowest BCUT2D eigenvalue weighted by Crippen LogP contribution is -2.55. The number of para-hydroxylation sites is 1. The summed E-state index contributed by atoms with van der Waals surface area (Å²) in [6.07, 6.45) is 1.47. The number of hydrogen-bond acceptors (Lipinski definition) is 5. The van der Waals surface area contributed by atoms with Gasteiger partial charge in [0, 0.05) is 12.5 Å². The molecule has 8 heteroatoms. The molecule has 3 atom stereocenters. The van der Waals surface area contributed by atoms with Crippen LogP contribution in [0.5, 0.6) is 0 Å². The number of aryl methyl sites for hydroxylation is 1. The van der Waals surface area contributed by atoms with Crippen LogP contribution in [-0.4, -0.2) is 46.5 Å². The molecule has 0 spiro atoms. The summed E-state index contributed by atoms with van der Waals surface area (Å²) in [5, 5.41) is 25.0. The molecule has 1 heterocycles. The van der Waals surface area contributed by atoms with E-state index in [1.165, 1.54) is 6.92 Å². The summed E-state index contributed by atoms with van der Waals surface area (Å²) < 4.78 is -1.03. The van der Waals surface area contributed by atoms with Crippen molar-refractivity contribution in [2.75, 3.05) is 13.1 Å². The van der Waals surface area contributed by atoms with Crippen molar-refractivity contribution in [2.24, 2.45) is 0 Å². The van der Waals surface area contributed by atoms with Crippen molar-refractivity contribution in [3.8, 4) is 0 Å². The third-order valence-electron chi connectivity index (χ3n) is 5.31. The zero-order valence-corrected chi connectivity index (χ0v) is 18.1. The van der Waals surface area contributed by atoms with Crippen LogP contribution in [0.1, 0.15) is 24.5 Å². The van der Waals surface area contributed by atoms with E-state index >= 15 is 0 Å². The van der Waals surface area contributed by atoms with Crippen LogP contribution in [0, 0.1) is 5.21 Å². The zero-order valence-electron chi connectivity index (χ0n) is 17.3. The highest BCUT2D eigenvalue weighted by atomic mass is 32.2. The molecule has 0 fully saturated rings. The first-order chi connectivity index (χ1) is 14.8. The molecule has 2 N–H and O–H groups in total. The standard InChI is InChI=1S/C23H26N2O5S/c1-16(26)31-21(13-17-7-3-2-4-8-17)23(29)24-19-12-11-18-9-5-6-10-20(18)25(30,14-19)15-22(27)28/h2-10,19,21H,11-15H2,1H3,(H,24,29)(H,27,28)/t19?,21-,25-/m0/s1. The predicted molar refractivity (Wildman–Crippen MR) is 121 cm³/mol. The third-order valence-corrected chi connectivity index (χ3v) is 6.31. The van der Waals surface area contributed by atoms with Crippen LogP contribution in [0.2, 0.25) is 0 Å². The van der Waals surface area contributed by atoms with Gasteiger partial charge in [-0.3, -0.25) is 9.59 Å². The molecule has 3 rings (SSSR count). The van der Waals surface area contributed by atoms with E-state index in [1.807, 2.05) is 42.5 Å². The Hall–Kier alpha value is -2.68. The average molecular weight is 443 g/mol. The Morgan fingerprint density at radius 3 is 2.52 bits per heavy atom. The number of carboxylic acids is 1. The molecule has 0 aliphatic carbocycles. The van der Waals surface area contributed by atoms with E-state index in [0.29, 0.717) is 24.9 Å². The molecule has 1 amide bonds. The first kappa shape index (κ1) is 23.0. The maximum Gasteiger partial charge on any atom is 0.360 e. The Morgan fingerprint density at radius 1 is 1.16 bits per heavy atom. The molecule has 0 saturated carbocycles. The van der Waals surface area contributed by atoms with Gasteiger partial charge in [0.1, 0.15) is 12.2 Å². The van der Waals surface area contributed by atoms with Gasteiger partial charge in [0.05, 0.1) is 11.3 Å². The Morgan fingerprint density at radius 2 is 1.84 bits per heavy atom. The first-order valence-corrected chi connectivity index (χ1v) is 11.0. The lowest BCUT2D eigenvalue weighted by Gasteiger charge is -2.42. The number of aliphatic carboxylic acids is 1. The molecule has 0 bridgehead atoms. The van der Waals surface area contributed by atoms with Gasteiger partial charge >= 0.3 is 5.97 Å². The Kier molecular flexibility index (Phi) is 7.48. The number of hydrogen-bond donors (Lipinski definition) is 2. The number of quaternary nitrogens is 1. The quantitative estimate of drug-likeness (QED) is 0.504. The fourth-order valence-corrected chi connectivity index (χ4v) is 4.84. The van der Waals surface area contributed by atoms with Crippen molar-refractivity contribution in [1.82, 2.24) is 9.96 Å². The normalized spacial score (nSPS) is 21.4. The summed E-state index contributed by atoms with van der Waals surface area (Å²) in [6.45, 7) is 0.738. The number of carbonyl (C=O) groups is 3. The predicted octanol–water partition coefficient (Wildman–Crippen LogP) is 2.90. The molecule has 2 aromatic rings. The van der Waals surface area contributed by atoms with E-state index < -0.39 is 28.5 Å². The van der Waals surface area contributed by atoms with Crippen molar-refractivity contribution in [3.05, 3.63) is 70.9 Å². The largest absolute Gasteiger partial charge is 0.627 e. The van der Waals surface area contributed by atoms with Crippen molar-refractivity contribution in [3.63, 3.8) is 0 Å². The van der Waals surface area contributed by atoms with E-state index in [1.54, 1.807) is 12.1 Å². The number of amides is 1. The molecule has 0 radical (unpaired) electrons. The molecule has 2 aromatic carbocycles. The minimum atomic E-state index is -1.19. The second kappa shape index (κ2) is 10.1. The van der Waals surface area contributed by atoms with Crippen LogP contribution in [0.25, 0.3) is 0 Å². The third kappa shape index (κ3) is 6.16. The molecule has 31 heavy (non-hydrogen) atoms. The van der Waals surface area contributed by atoms with Crippen LogP contribution in [0.4, 0.5) is 5.69 Å². The molecule has 1 aliphatic rings. The van der Waals surface area contributed by atoms with Crippen LogP contribution in [0.15, 0.2) is 54.6 Å². The number of rotatable bonds is 7. The molecular weight excluding hydrogens is 416 g/mol. The number of hydroxylamine groups is 2. The minimum absolute atomic E-state index is 0.0716.